The van der Waals surface area contributed by atoms with Crippen LogP contribution in [0.4, 0.5) is 0 Å². The summed E-state index contributed by atoms with van der Waals surface area (Å²) in [5.41, 5.74) is 0. The molecule has 1 aliphatic rings. The fourth-order valence-electron chi connectivity index (χ4n) is 1.24. The van der Waals surface area contributed by atoms with Crippen molar-refractivity contribution < 1.29 is 18.3 Å². The SMILES string of the molecule is O=C(O)C=CCN1CCS(=O)(=O)CC1. The summed E-state index contributed by atoms with van der Waals surface area (Å²) in [7, 11) is -2.84. The molecule has 0 aromatic carbocycles. The Hall–Kier alpha value is -0.880. The normalized spacial score (nSPS) is 22.6. The summed E-state index contributed by atoms with van der Waals surface area (Å²) in [5, 5.41) is 8.32. The smallest absolute Gasteiger partial charge is 0.328 e. The Morgan fingerprint density at radius 1 is 1.36 bits per heavy atom. The zero-order valence-corrected chi connectivity index (χ0v) is 8.53. The molecule has 0 bridgehead atoms. The third kappa shape index (κ3) is 3.89. The number of rotatable bonds is 3. The summed E-state index contributed by atoms with van der Waals surface area (Å²) in [6.07, 6.45) is 2.60. The van der Waals surface area contributed by atoms with E-state index in [1.807, 2.05) is 4.90 Å². The molecule has 1 N–H and O–H groups in total. The van der Waals surface area contributed by atoms with Crippen molar-refractivity contribution in [3.8, 4) is 0 Å². The van der Waals surface area contributed by atoms with Crippen LogP contribution in [0.1, 0.15) is 0 Å². The number of carboxylic acid groups (broad SMARTS) is 1. The van der Waals surface area contributed by atoms with Crippen molar-refractivity contribution in [1.82, 2.24) is 4.90 Å². The van der Waals surface area contributed by atoms with E-state index in [-0.39, 0.29) is 11.5 Å². The Kier molecular flexibility index (Phi) is 3.65. The second kappa shape index (κ2) is 4.56. The monoisotopic (exact) mass is 219 g/mol. The van der Waals surface area contributed by atoms with E-state index in [0.717, 1.165) is 6.08 Å². The van der Waals surface area contributed by atoms with Gasteiger partial charge in [-0.15, -0.1) is 0 Å². The van der Waals surface area contributed by atoms with Crippen LogP contribution in [0, 0.1) is 0 Å². The van der Waals surface area contributed by atoms with Gasteiger partial charge in [0.05, 0.1) is 11.5 Å². The quantitative estimate of drug-likeness (QED) is 0.639. The van der Waals surface area contributed by atoms with Gasteiger partial charge in [0.15, 0.2) is 9.84 Å². The van der Waals surface area contributed by atoms with E-state index in [9.17, 15) is 13.2 Å². The highest BCUT2D eigenvalue weighted by Crippen LogP contribution is 2.02. The minimum Gasteiger partial charge on any atom is -0.478 e. The third-order valence-electron chi connectivity index (χ3n) is 2.06. The molecule has 6 heteroatoms. The van der Waals surface area contributed by atoms with E-state index < -0.39 is 15.8 Å². The Balaban J connectivity index is 2.33. The van der Waals surface area contributed by atoms with Crippen LogP contribution >= 0.6 is 0 Å². The predicted molar refractivity (Wildman–Crippen MR) is 51.9 cm³/mol. The fourth-order valence-corrected chi connectivity index (χ4v) is 2.51. The highest BCUT2D eigenvalue weighted by molar-refractivity contribution is 7.91. The number of sulfone groups is 1. The average Bonchev–Trinajstić information content (AvgIpc) is 2.07. The molecule has 0 aromatic heterocycles. The molecule has 0 aliphatic carbocycles. The first-order valence-corrected chi connectivity index (χ1v) is 6.14. The van der Waals surface area contributed by atoms with Crippen LogP contribution in [0.25, 0.3) is 0 Å². The first-order valence-electron chi connectivity index (χ1n) is 4.32. The van der Waals surface area contributed by atoms with Crippen molar-refractivity contribution in [3.63, 3.8) is 0 Å². The lowest BCUT2D eigenvalue weighted by atomic mass is 10.4. The first kappa shape index (κ1) is 11.2. The number of nitrogens with zero attached hydrogens (tertiary/aromatic N) is 1. The van der Waals surface area contributed by atoms with Gasteiger partial charge in [0.2, 0.25) is 0 Å². The standard InChI is InChI=1S/C8H13NO4S/c10-8(11)2-1-3-9-4-6-14(12,13)7-5-9/h1-2H,3-7H2,(H,10,11). The summed E-state index contributed by atoms with van der Waals surface area (Å²) < 4.78 is 22.1. The lowest BCUT2D eigenvalue weighted by Crippen LogP contribution is -2.40. The van der Waals surface area contributed by atoms with Gasteiger partial charge in [-0.25, -0.2) is 13.2 Å². The molecular weight excluding hydrogens is 206 g/mol. The zero-order chi connectivity index (χ0) is 10.6. The van der Waals surface area contributed by atoms with Gasteiger partial charge in [-0.2, -0.15) is 0 Å². The van der Waals surface area contributed by atoms with Crippen LogP contribution in [-0.4, -0.2) is 55.5 Å². The number of aliphatic carboxylic acids is 1. The minimum absolute atomic E-state index is 0.175. The van der Waals surface area contributed by atoms with Crippen LogP contribution in [0.5, 0.6) is 0 Å². The zero-order valence-electron chi connectivity index (χ0n) is 7.72. The molecule has 0 amide bonds. The largest absolute Gasteiger partial charge is 0.478 e. The number of carbonyl (C=O) groups is 1. The molecule has 0 unspecified atom stereocenters. The number of hydrogen-bond donors (Lipinski definition) is 1. The Morgan fingerprint density at radius 2 is 1.93 bits per heavy atom. The molecule has 0 spiro atoms. The highest BCUT2D eigenvalue weighted by Gasteiger charge is 2.20. The second-order valence-corrected chi connectivity index (χ2v) is 5.50. The van der Waals surface area contributed by atoms with Crippen LogP contribution in [-0.2, 0) is 14.6 Å². The second-order valence-electron chi connectivity index (χ2n) is 3.19. The van der Waals surface area contributed by atoms with Crippen LogP contribution in [0.3, 0.4) is 0 Å². The van der Waals surface area contributed by atoms with Gasteiger partial charge >= 0.3 is 5.97 Å². The summed E-state index contributed by atoms with van der Waals surface area (Å²) in [6, 6.07) is 0. The molecule has 80 valence electrons. The maximum absolute atomic E-state index is 11.0. The van der Waals surface area contributed by atoms with Crippen molar-refractivity contribution in [2.45, 2.75) is 0 Å². The number of carboxylic acids is 1. The maximum atomic E-state index is 11.0. The molecule has 1 fully saturated rings. The van der Waals surface area contributed by atoms with E-state index in [1.165, 1.54) is 6.08 Å². The molecular formula is C8H13NO4S. The Labute approximate surface area is 82.9 Å². The van der Waals surface area contributed by atoms with E-state index in [2.05, 4.69) is 0 Å². The van der Waals surface area contributed by atoms with Gasteiger partial charge in [0, 0.05) is 25.7 Å². The topological polar surface area (TPSA) is 74.7 Å². The van der Waals surface area contributed by atoms with E-state index in [0.29, 0.717) is 19.6 Å². The molecule has 1 heterocycles. The van der Waals surface area contributed by atoms with Gasteiger partial charge in [0.1, 0.15) is 0 Å². The molecule has 0 radical (unpaired) electrons. The number of hydrogen-bond acceptors (Lipinski definition) is 4. The summed E-state index contributed by atoms with van der Waals surface area (Å²) >= 11 is 0. The van der Waals surface area contributed by atoms with Crippen molar-refractivity contribution in [3.05, 3.63) is 12.2 Å². The van der Waals surface area contributed by atoms with Crippen molar-refractivity contribution in [2.75, 3.05) is 31.1 Å². The molecule has 1 rings (SSSR count). The van der Waals surface area contributed by atoms with Crippen molar-refractivity contribution in [1.29, 1.82) is 0 Å². The van der Waals surface area contributed by atoms with Crippen LogP contribution < -0.4 is 0 Å². The third-order valence-corrected chi connectivity index (χ3v) is 3.67. The van der Waals surface area contributed by atoms with Crippen molar-refractivity contribution >= 4 is 15.8 Å². The predicted octanol–water partition coefficient (Wildman–Crippen LogP) is -0.642. The average molecular weight is 219 g/mol. The van der Waals surface area contributed by atoms with E-state index in [1.54, 1.807) is 0 Å². The van der Waals surface area contributed by atoms with Gasteiger partial charge in [0.25, 0.3) is 0 Å². The fraction of sp³-hybridized carbons (Fsp3) is 0.625. The van der Waals surface area contributed by atoms with Crippen LogP contribution in [0.2, 0.25) is 0 Å². The van der Waals surface area contributed by atoms with Gasteiger partial charge in [-0.1, -0.05) is 6.08 Å². The lowest BCUT2D eigenvalue weighted by Gasteiger charge is -2.24. The lowest BCUT2D eigenvalue weighted by molar-refractivity contribution is -0.131. The molecule has 0 saturated carbocycles. The highest BCUT2D eigenvalue weighted by atomic mass is 32.2. The molecule has 0 aromatic rings. The van der Waals surface area contributed by atoms with Gasteiger partial charge in [-0.05, 0) is 0 Å². The Morgan fingerprint density at radius 3 is 2.43 bits per heavy atom. The summed E-state index contributed by atoms with van der Waals surface area (Å²) in [6.45, 7) is 1.49. The molecule has 14 heavy (non-hydrogen) atoms. The van der Waals surface area contributed by atoms with E-state index in [4.69, 9.17) is 5.11 Å². The molecule has 1 saturated heterocycles. The molecule has 5 nitrogen and oxygen atoms in total. The Bertz CT molecular complexity index is 319. The minimum atomic E-state index is -2.84. The maximum Gasteiger partial charge on any atom is 0.328 e. The molecule has 0 atom stereocenters. The first-order chi connectivity index (χ1) is 6.49. The van der Waals surface area contributed by atoms with Crippen LogP contribution in [0.15, 0.2) is 12.2 Å². The summed E-state index contributed by atoms with van der Waals surface area (Å²) in [5.74, 6) is -0.628. The summed E-state index contributed by atoms with van der Waals surface area (Å²) in [4.78, 5) is 12.1. The van der Waals surface area contributed by atoms with Gasteiger partial charge in [-0.3, -0.25) is 4.90 Å². The van der Waals surface area contributed by atoms with Gasteiger partial charge < -0.3 is 5.11 Å². The van der Waals surface area contributed by atoms with Crippen molar-refractivity contribution in [2.24, 2.45) is 0 Å². The molecule has 1 aliphatic heterocycles. The van der Waals surface area contributed by atoms with E-state index >= 15 is 0 Å².